The molecule has 2 aromatic rings. The molecule has 0 radical (unpaired) electrons. The molecule has 1 heteroatoms. The minimum atomic E-state index is -0.00155. The maximum absolute atomic E-state index is 6.34. The summed E-state index contributed by atoms with van der Waals surface area (Å²) in [4.78, 5) is 0. The molecule has 0 atom stereocenters. The summed E-state index contributed by atoms with van der Waals surface area (Å²) in [6, 6.07) is 14.6. The van der Waals surface area contributed by atoms with Gasteiger partial charge >= 0.3 is 0 Å². The Bertz CT molecular complexity index is 763. The molecule has 0 amide bonds. The Morgan fingerprint density at radius 1 is 1.05 bits per heavy atom. The van der Waals surface area contributed by atoms with E-state index in [9.17, 15) is 0 Å². The lowest BCUT2D eigenvalue weighted by atomic mass is 9.80. The molecule has 1 aliphatic carbocycles. The number of hydrogen-bond acceptors (Lipinski definition) is 0. The number of fused-ring (bicyclic) bond motifs is 1. The van der Waals surface area contributed by atoms with Crippen LogP contribution in [0, 0.1) is 0 Å². The highest BCUT2D eigenvalue weighted by Gasteiger charge is 2.34. The highest BCUT2D eigenvalue weighted by molar-refractivity contribution is 6.33. The van der Waals surface area contributed by atoms with Gasteiger partial charge in [-0.1, -0.05) is 68.4 Å². The maximum Gasteiger partial charge on any atom is 0.0484 e. The van der Waals surface area contributed by atoms with Gasteiger partial charge in [0.2, 0.25) is 0 Å². The molecule has 0 aliphatic heterocycles. The van der Waals surface area contributed by atoms with E-state index < -0.39 is 0 Å². The molecule has 0 saturated carbocycles. The topological polar surface area (TPSA) is 0 Å². The number of benzene rings is 2. The van der Waals surface area contributed by atoms with Gasteiger partial charge in [0.15, 0.2) is 0 Å². The first-order valence-corrected chi connectivity index (χ1v) is 7.58. The minimum absolute atomic E-state index is 0.00155. The van der Waals surface area contributed by atoms with Crippen molar-refractivity contribution in [2.75, 3.05) is 0 Å². The monoisotopic (exact) mass is 294 g/mol. The fourth-order valence-electron chi connectivity index (χ4n) is 3.42. The Morgan fingerprint density at radius 3 is 2.43 bits per heavy atom. The zero-order chi connectivity index (χ0) is 15.2. The summed E-state index contributed by atoms with van der Waals surface area (Å²) in [5.74, 6) is 0. The highest BCUT2D eigenvalue weighted by atomic mass is 35.5. The molecule has 0 N–H and O–H groups in total. The summed E-state index contributed by atoms with van der Waals surface area (Å²) in [7, 11) is 0. The van der Waals surface area contributed by atoms with E-state index in [-0.39, 0.29) is 5.41 Å². The Morgan fingerprint density at radius 2 is 1.76 bits per heavy atom. The van der Waals surface area contributed by atoms with Gasteiger partial charge in [-0.15, -0.1) is 0 Å². The summed E-state index contributed by atoms with van der Waals surface area (Å²) in [6.07, 6.45) is 1.99. The van der Waals surface area contributed by atoms with Crippen molar-refractivity contribution in [1.29, 1.82) is 0 Å². The molecule has 0 unspecified atom stereocenters. The molecule has 0 heterocycles. The van der Waals surface area contributed by atoms with Gasteiger partial charge in [-0.05, 0) is 46.9 Å². The lowest BCUT2D eigenvalue weighted by Crippen LogP contribution is -2.16. The van der Waals surface area contributed by atoms with Crippen LogP contribution < -0.4 is 0 Å². The third-order valence-electron chi connectivity index (χ3n) is 4.56. The van der Waals surface area contributed by atoms with E-state index in [0.717, 1.165) is 10.6 Å². The van der Waals surface area contributed by atoms with Crippen LogP contribution in [0.1, 0.15) is 31.9 Å². The fraction of sp³-hybridized carbons (Fsp3) is 0.200. The molecule has 0 fully saturated rings. The summed E-state index contributed by atoms with van der Waals surface area (Å²) >= 11 is 6.34. The zero-order valence-electron chi connectivity index (χ0n) is 12.7. The second kappa shape index (κ2) is 4.89. The Balaban J connectivity index is 2.20. The molecule has 106 valence electrons. The van der Waals surface area contributed by atoms with E-state index in [0.29, 0.717) is 0 Å². The molecular formula is C20H19Cl. The molecular weight excluding hydrogens is 276 g/mol. The van der Waals surface area contributed by atoms with Gasteiger partial charge in [-0.3, -0.25) is 0 Å². The first-order valence-electron chi connectivity index (χ1n) is 7.20. The zero-order valence-corrected chi connectivity index (χ0v) is 13.5. The fourth-order valence-corrected chi connectivity index (χ4v) is 3.66. The van der Waals surface area contributed by atoms with Crippen molar-refractivity contribution in [2.24, 2.45) is 0 Å². The number of halogens is 1. The van der Waals surface area contributed by atoms with Crippen molar-refractivity contribution in [3.8, 4) is 11.1 Å². The largest absolute Gasteiger partial charge is 0.0987 e. The maximum atomic E-state index is 6.34. The van der Waals surface area contributed by atoms with E-state index >= 15 is 0 Å². The van der Waals surface area contributed by atoms with Crippen LogP contribution in [0.15, 0.2) is 60.7 Å². The molecule has 1 aliphatic rings. The molecule has 21 heavy (non-hydrogen) atoms. The van der Waals surface area contributed by atoms with Gasteiger partial charge in [-0.2, -0.15) is 0 Å². The van der Waals surface area contributed by atoms with Gasteiger partial charge in [0, 0.05) is 16.0 Å². The molecule has 0 aromatic heterocycles. The smallest absolute Gasteiger partial charge is 0.0484 e. The van der Waals surface area contributed by atoms with Gasteiger partial charge in [0.1, 0.15) is 0 Å². The predicted molar refractivity (Wildman–Crippen MR) is 92.7 cm³/mol. The van der Waals surface area contributed by atoms with E-state index in [2.05, 4.69) is 51.6 Å². The Labute approximate surface area is 131 Å². The second-order valence-electron chi connectivity index (χ2n) is 6.11. The Kier molecular flexibility index (Phi) is 3.30. The van der Waals surface area contributed by atoms with Gasteiger partial charge in [-0.25, -0.2) is 0 Å². The van der Waals surface area contributed by atoms with Crippen LogP contribution in [-0.2, 0) is 5.41 Å². The van der Waals surface area contributed by atoms with Crippen LogP contribution in [0.4, 0.5) is 0 Å². The number of hydrogen-bond donors (Lipinski definition) is 0. The third-order valence-corrected chi connectivity index (χ3v) is 4.89. The SMILES string of the molecule is C=CC1=C(C)c2ccc(-c3ccccc3Cl)cc2C1(C)C. The van der Waals surface area contributed by atoms with Crippen molar-refractivity contribution in [2.45, 2.75) is 26.2 Å². The molecule has 3 rings (SSSR count). The predicted octanol–water partition coefficient (Wildman–Crippen LogP) is 6.26. The lowest BCUT2D eigenvalue weighted by Gasteiger charge is -2.23. The number of allylic oxidation sites excluding steroid dienone is 3. The van der Waals surface area contributed by atoms with Crippen LogP contribution in [0.5, 0.6) is 0 Å². The van der Waals surface area contributed by atoms with Gasteiger partial charge in [0.05, 0.1) is 0 Å². The quantitative estimate of drug-likeness (QED) is 0.613. The van der Waals surface area contributed by atoms with Crippen molar-refractivity contribution in [3.05, 3.63) is 76.8 Å². The third kappa shape index (κ3) is 2.06. The van der Waals surface area contributed by atoms with Crippen LogP contribution >= 0.6 is 11.6 Å². The van der Waals surface area contributed by atoms with Crippen LogP contribution in [-0.4, -0.2) is 0 Å². The molecule has 0 bridgehead atoms. The summed E-state index contributed by atoms with van der Waals surface area (Å²) in [5, 5.41) is 0.793. The van der Waals surface area contributed by atoms with Crippen molar-refractivity contribution in [3.63, 3.8) is 0 Å². The van der Waals surface area contributed by atoms with Crippen molar-refractivity contribution in [1.82, 2.24) is 0 Å². The first-order chi connectivity index (χ1) is 9.96. The van der Waals surface area contributed by atoms with E-state index in [1.54, 1.807) is 0 Å². The minimum Gasteiger partial charge on any atom is -0.0987 e. The normalized spacial score (nSPS) is 16.0. The molecule has 0 saturated heterocycles. The molecule has 0 spiro atoms. The van der Waals surface area contributed by atoms with Crippen LogP contribution in [0.25, 0.3) is 16.7 Å². The lowest BCUT2D eigenvalue weighted by molar-refractivity contribution is 0.654. The highest BCUT2D eigenvalue weighted by Crippen LogP contribution is 2.47. The number of rotatable bonds is 2. The summed E-state index contributed by atoms with van der Waals surface area (Å²) < 4.78 is 0. The van der Waals surface area contributed by atoms with Crippen LogP contribution in [0.3, 0.4) is 0 Å². The van der Waals surface area contributed by atoms with Crippen LogP contribution in [0.2, 0.25) is 5.02 Å². The average Bonchev–Trinajstić information content (AvgIpc) is 2.66. The average molecular weight is 295 g/mol. The van der Waals surface area contributed by atoms with Crippen molar-refractivity contribution >= 4 is 17.2 Å². The van der Waals surface area contributed by atoms with Gasteiger partial charge < -0.3 is 0 Å². The first kappa shape index (κ1) is 14.2. The Hall–Kier alpha value is -1.79. The van der Waals surface area contributed by atoms with E-state index in [1.807, 2.05) is 24.3 Å². The summed E-state index contributed by atoms with van der Waals surface area (Å²) in [6.45, 7) is 10.7. The van der Waals surface area contributed by atoms with E-state index in [1.165, 1.54) is 27.8 Å². The second-order valence-corrected chi connectivity index (χ2v) is 6.52. The standard InChI is InChI=1S/C20H19Cl/c1-5-17-13(2)15-11-10-14(12-18(15)20(17,3)4)16-8-6-7-9-19(16)21/h5-12H,1H2,2-4H3. The van der Waals surface area contributed by atoms with E-state index in [4.69, 9.17) is 11.6 Å². The summed E-state index contributed by atoms with van der Waals surface area (Å²) in [5.41, 5.74) is 7.58. The van der Waals surface area contributed by atoms with Gasteiger partial charge in [0.25, 0.3) is 0 Å². The van der Waals surface area contributed by atoms with Crippen molar-refractivity contribution < 1.29 is 0 Å². The molecule has 2 aromatic carbocycles. The molecule has 0 nitrogen and oxygen atoms in total.